The minimum atomic E-state index is 0. The molecule has 0 N–H and O–H groups in total. The number of para-hydroxylation sites is 1. The Labute approximate surface area is 178 Å². The summed E-state index contributed by atoms with van der Waals surface area (Å²) in [6, 6.07) is 21.6. The van der Waals surface area contributed by atoms with E-state index in [4.69, 9.17) is 0 Å². The summed E-state index contributed by atoms with van der Waals surface area (Å²) in [6.07, 6.45) is 1.88. The summed E-state index contributed by atoms with van der Waals surface area (Å²) in [5.74, 6) is 0. The third-order valence-corrected chi connectivity index (χ3v) is 4.51. The van der Waals surface area contributed by atoms with E-state index < -0.39 is 0 Å². The maximum Gasteiger partial charge on any atom is 0.0237 e. The van der Waals surface area contributed by atoms with Crippen molar-refractivity contribution >= 4 is 46.5 Å². The van der Waals surface area contributed by atoms with Gasteiger partial charge in [-0.25, -0.2) is 0 Å². The van der Waals surface area contributed by atoms with Crippen molar-refractivity contribution in [2.24, 2.45) is 0 Å². The number of pyridine rings is 1. The van der Waals surface area contributed by atoms with E-state index >= 15 is 0 Å². The summed E-state index contributed by atoms with van der Waals surface area (Å²) in [6.45, 7) is 6.84. The number of halogens is 2. The number of hydrogen-bond donors (Lipinski definition) is 0. The molecule has 4 heteroatoms. The first kappa shape index (κ1) is 22.6. The molecule has 4 aromatic rings. The Morgan fingerprint density at radius 3 is 2.19 bits per heavy atom. The zero-order valence-corrected chi connectivity index (χ0v) is 17.9. The quantitative estimate of drug-likeness (QED) is 0.303. The van der Waals surface area contributed by atoms with E-state index in [1.54, 1.807) is 0 Å². The Kier molecular flexibility index (Phi) is 7.40. The summed E-state index contributed by atoms with van der Waals surface area (Å²) < 4.78 is 0. The maximum absolute atomic E-state index is 4.67. The van der Waals surface area contributed by atoms with Crippen molar-refractivity contribution in [3.8, 4) is 11.1 Å². The van der Waals surface area contributed by atoms with Crippen LogP contribution < -0.4 is 0 Å². The second-order valence-corrected chi connectivity index (χ2v) is 7.15. The second-order valence-electron chi connectivity index (χ2n) is 7.15. The minimum Gasteiger partial charge on any atom is -0.288 e. The van der Waals surface area contributed by atoms with Gasteiger partial charge in [-0.05, 0) is 16.9 Å². The van der Waals surface area contributed by atoms with Gasteiger partial charge in [-0.1, -0.05) is 84.6 Å². The zero-order chi connectivity index (χ0) is 16.0. The van der Waals surface area contributed by atoms with Crippen molar-refractivity contribution in [3.63, 3.8) is 0 Å². The predicted octanol–water partition coefficient (Wildman–Crippen LogP) is 6.91. The van der Waals surface area contributed by atoms with Gasteiger partial charge in [0, 0.05) is 29.1 Å². The van der Waals surface area contributed by atoms with Gasteiger partial charge in [0.2, 0.25) is 0 Å². The molecule has 0 aliphatic rings. The van der Waals surface area contributed by atoms with E-state index in [0.29, 0.717) is 0 Å². The molecule has 0 saturated heterocycles. The van der Waals surface area contributed by atoms with E-state index in [1.165, 1.54) is 32.8 Å². The Balaban J connectivity index is 0.00000113. The molecule has 136 valence electrons. The molecular formula is C22H22Cl2CrN-. The first-order chi connectivity index (χ1) is 11.1. The average Bonchev–Trinajstić information content (AvgIpc) is 2.94. The van der Waals surface area contributed by atoms with Crippen LogP contribution in [0.1, 0.15) is 26.3 Å². The smallest absolute Gasteiger partial charge is 0.0237 e. The van der Waals surface area contributed by atoms with Gasteiger partial charge in [-0.3, -0.25) is 4.98 Å². The van der Waals surface area contributed by atoms with Gasteiger partial charge >= 0.3 is 0 Å². The third kappa shape index (κ3) is 3.80. The molecular weight excluding hydrogens is 401 g/mol. The van der Waals surface area contributed by atoms with Crippen LogP contribution in [0.5, 0.6) is 0 Å². The maximum atomic E-state index is 4.67. The average molecular weight is 423 g/mol. The fourth-order valence-electron chi connectivity index (χ4n) is 3.41. The van der Waals surface area contributed by atoms with Gasteiger partial charge in [0.25, 0.3) is 0 Å². The molecule has 0 atom stereocenters. The summed E-state index contributed by atoms with van der Waals surface area (Å²) in [5.41, 5.74) is 5.12. The van der Waals surface area contributed by atoms with Crippen molar-refractivity contribution in [3.05, 3.63) is 72.4 Å². The van der Waals surface area contributed by atoms with Crippen LogP contribution in [-0.4, -0.2) is 4.98 Å². The van der Waals surface area contributed by atoms with Crippen LogP contribution in [0.25, 0.3) is 32.8 Å². The number of fused-ring (bicyclic) bond motifs is 2. The number of aromatic nitrogens is 1. The van der Waals surface area contributed by atoms with Crippen molar-refractivity contribution in [1.82, 2.24) is 4.98 Å². The first-order valence-electron chi connectivity index (χ1n) is 8.09. The molecule has 0 aliphatic carbocycles. The van der Waals surface area contributed by atoms with Crippen molar-refractivity contribution in [2.75, 3.05) is 0 Å². The molecule has 0 radical (unpaired) electrons. The molecule has 3 aromatic carbocycles. The summed E-state index contributed by atoms with van der Waals surface area (Å²) in [7, 11) is 0. The molecule has 26 heavy (non-hydrogen) atoms. The number of rotatable bonds is 1. The molecule has 0 bridgehead atoms. The zero-order valence-electron chi connectivity index (χ0n) is 15.0. The topological polar surface area (TPSA) is 12.9 Å². The van der Waals surface area contributed by atoms with Crippen LogP contribution in [0.4, 0.5) is 0 Å². The number of nitrogens with zero attached hydrogens (tertiary/aromatic N) is 1. The molecule has 4 rings (SSSR count). The minimum absolute atomic E-state index is 0. The second kappa shape index (κ2) is 8.51. The van der Waals surface area contributed by atoms with Gasteiger partial charge in [0.1, 0.15) is 0 Å². The normalized spacial score (nSPS) is 10.7. The van der Waals surface area contributed by atoms with Crippen LogP contribution >= 0.6 is 24.8 Å². The molecule has 1 aromatic heterocycles. The predicted molar refractivity (Wildman–Crippen MR) is 113 cm³/mol. The molecule has 0 aliphatic heterocycles. The monoisotopic (exact) mass is 422 g/mol. The van der Waals surface area contributed by atoms with Crippen LogP contribution in [0, 0.1) is 0 Å². The van der Waals surface area contributed by atoms with E-state index in [0.717, 1.165) is 5.52 Å². The van der Waals surface area contributed by atoms with Crippen LogP contribution in [0.3, 0.4) is 0 Å². The molecule has 0 fully saturated rings. The Morgan fingerprint density at radius 2 is 1.46 bits per heavy atom. The Bertz CT molecular complexity index is 1010. The van der Waals surface area contributed by atoms with Gasteiger partial charge in [-0.15, -0.1) is 43.0 Å². The summed E-state index contributed by atoms with van der Waals surface area (Å²) >= 11 is 0. The fraction of sp³-hybridized carbons (Fsp3) is 0.182. The van der Waals surface area contributed by atoms with E-state index in [2.05, 4.69) is 80.4 Å². The largest absolute Gasteiger partial charge is 0.288 e. The summed E-state index contributed by atoms with van der Waals surface area (Å²) in [5, 5.41) is 3.81. The molecule has 0 spiro atoms. The van der Waals surface area contributed by atoms with Crippen LogP contribution in [0.2, 0.25) is 0 Å². The molecule has 0 unspecified atom stereocenters. The Morgan fingerprint density at radius 1 is 0.808 bits per heavy atom. The Hall–Kier alpha value is -1.43. The standard InChI is InChI=1S/C22H20N.2ClH.Cr/c1-22(2,3)19-14-16-8-4-5-11-17(16)20(19)18-12-6-9-15-10-7-13-23-21(15)18;;;/h4-14H,1-3H3;2*1H;/q-1;;;. The fourth-order valence-corrected chi connectivity index (χ4v) is 3.41. The van der Waals surface area contributed by atoms with Gasteiger partial charge in [0.05, 0.1) is 0 Å². The van der Waals surface area contributed by atoms with Crippen molar-refractivity contribution in [2.45, 2.75) is 26.2 Å². The number of hydrogen-bond acceptors (Lipinski definition) is 1. The van der Waals surface area contributed by atoms with Crippen molar-refractivity contribution < 1.29 is 17.4 Å². The van der Waals surface area contributed by atoms with E-state index in [-0.39, 0.29) is 47.6 Å². The van der Waals surface area contributed by atoms with E-state index in [1.807, 2.05) is 12.3 Å². The van der Waals surface area contributed by atoms with Crippen LogP contribution in [-0.2, 0) is 22.8 Å². The van der Waals surface area contributed by atoms with E-state index in [9.17, 15) is 0 Å². The van der Waals surface area contributed by atoms with Gasteiger partial charge in [-0.2, -0.15) is 0 Å². The number of benzene rings is 2. The first-order valence-corrected chi connectivity index (χ1v) is 8.09. The molecule has 0 amide bonds. The third-order valence-electron chi connectivity index (χ3n) is 4.51. The molecule has 1 heterocycles. The SMILES string of the molecule is CC(C)(C)c1cc2ccccc2[c-]1-c1cccc2cccnc12.Cl.Cl.[Cr]. The van der Waals surface area contributed by atoms with Crippen molar-refractivity contribution in [1.29, 1.82) is 0 Å². The van der Waals surface area contributed by atoms with Crippen LogP contribution in [0.15, 0.2) is 66.9 Å². The van der Waals surface area contributed by atoms with Gasteiger partial charge in [0.15, 0.2) is 0 Å². The van der Waals surface area contributed by atoms with Gasteiger partial charge < -0.3 is 0 Å². The molecule has 0 saturated carbocycles. The molecule has 1 nitrogen and oxygen atoms in total. The summed E-state index contributed by atoms with van der Waals surface area (Å²) in [4.78, 5) is 4.67.